The summed E-state index contributed by atoms with van der Waals surface area (Å²) in [5.41, 5.74) is 9.29. The van der Waals surface area contributed by atoms with E-state index in [9.17, 15) is 0 Å². The normalized spacial score (nSPS) is 12.8. The lowest BCUT2D eigenvalue weighted by molar-refractivity contribution is 0.807. The Kier molecular flexibility index (Phi) is 7.73. The lowest BCUT2D eigenvalue weighted by atomic mass is 10.2. The van der Waals surface area contributed by atoms with Crippen LogP contribution in [0.5, 0.6) is 0 Å². The van der Waals surface area contributed by atoms with Gasteiger partial charge in [-0.3, -0.25) is 9.98 Å². The molecule has 0 atom stereocenters. The Morgan fingerprint density at radius 3 is 2.10 bits per heavy atom. The van der Waals surface area contributed by atoms with Gasteiger partial charge < -0.3 is 5.73 Å². The Hall–Kier alpha value is -1.55. The van der Waals surface area contributed by atoms with E-state index in [-0.39, 0.29) is 0 Å². The highest BCUT2D eigenvalue weighted by atomic mass is 14.8. The van der Waals surface area contributed by atoms with E-state index in [4.69, 9.17) is 5.73 Å². The van der Waals surface area contributed by atoms with E-state index in [1.54, 1.807) is 0 Å². The van der Waals surface area contributed by atoms with Crippen LogP contribution in [0.25, 0.3) is 0 Å². The van der Waals surface area contributed by atoms with Gasteiger partial charge in [-0.15, -0.1) is 0 Å². The molecule has 0 saturated carbocycles. The van der Waals surface area contributed by atoms with Gasteiger partial charge in [0, 0.05) is 13.1 Å². The molecule has 0 aliphatic rings. The molecule has 0 fully saturated rings. The molecule has 1 heterocycles. The van der Waals surface area contributed by atoms with Crippen LogP contribution in [-0.4, -0.2) is 36.0 Å². The molecule has 0 aliphatic heterocycles. The van der Waals surface area contributed by atoms with Crippen molar-refractivity contribution in [2.24, 2.45) is 15.7 Å². The predicted molar refractivity (Wildman–Crippen MR) is 87.0 cm³/mol. The summed E-state index contributed by atoms with van der Waals surface area (Å²) < 4.78 is 0. The van der Waals surface area contributed by atoms with E-state index in [1.807, 2.05) is 32.0 Å². The van der Waals surface area contributed by atoms with Gasteiger partial charge in [0.2, 0.25) is 0 Å². The molecule has 4 heteroatoms. The van der Waals surface area contributed by atoms with Crippen molar-refractivity contribution in [1.82, 2.24) is 4.98 Å². The molecule has 110 valence electrons. The number of aromatic nitrogens is 1. The van der Waals surface area contributed by atoms with Crippen molar-refractivity contribution in [2.45, 2.75) is 40.0 Å². The van der Waals surface area contributed by atoms with Crippen molar-refractivity contribution in [3.05, 3.63) is 29.6 Å². The van der Waals surface area contributed by atoms with E-state index >= 15 is 0 Å². The van der Waals surface area contributed by atoms with Gasteiger partial charge in [-0.05, 0) is 45.4 Å². The Morgan fingerprint density at radius 2 is 1.60 bits per heavy atom. The molecule has 0 unspecified atom stereocenters. The number of nitrogens with two attached hydrogens (primary N) is 1. The predicted octanol–water partition coefficient (Wildman–Crippen LogP) is 2.85. The van der Waals surface area contributed by atoms with Gasteiger partial charge in [-0.25, -0.2) is 4.98 Å². The molecule has 2 N–H and O–H groups in total. The maximum absolute atomic E-state index is 5.47. The summed E-state index contributed by atoms with van der Waals surface area (Å²) in [5.74, 6) is 0. The van der Waals surface area contributed by atoms with Crippen molar-refractivity contribution in [1.29, 1.82) is 0 Å². The summed E-state index contributed by atoms with van der Waals surface area (Å²) in [7, 11) is 0. The first-order chi connectivity index (χ1) is 9.69. The minimum Gasteiger partial charge on any atom is -0.330 e. The van der Waals surface area contributed by atoms with E-state index < -0.39 is 0 Å². The maximum atomic E-state index is 5.47. The third-order valence-corrected chi connectivity index (χ3v) is 3.06. The maximum Gasteiger partial charge on any atom is 0.0845 e. The van der Waals surface area contributed by atoms with Crippen LogP contribution in [0.4, 0.5) is 0 Å². The number of unbranched alkanes of at least 4 members (excludes halogenated alkanes) is 1. The summed E-state index contributed by atoms with van der Waals surface area (Å²) in [6.07, 6.45) is 3.20. The molecule has 1 aromatic heterocycles. The van der Waals surface area contributed by atoms with Crippen LogP contribution in [-0.2, 0) is 0 Å². The highest BCUT2D eigenvalue weighted by molar-refractivity contribution is 6.00. The Morgan fingerprint density at radius 1 is 1.05 bits per heavy atom. The fraction of sp³-hybridized carbons (Fsp3) is 0.562. The van der Waals surface area contributed by atoms with Gasteiger partial charge in [-0.2, -0.15) is 0 Å². The van der Waals surface area contributed by atoms with Crippen LogP contribution in [0.15, 0.2) is 28.2 Å². The topological polar surface area (TPSA) is 63.6 Å². The van der Waals surface area contributed by atoms with E-state index in [1.165, 1.54) is 0 Å². The van der Waals surface area contributed by atoms with Crippen LogP contribution in [0.3, 0.4) is 0 Å². The zero-order chi connectivity index (χ0) is 14.8. The van der Waals surface area contributed by atoms with Gasteiger partial charge in [0.15, 0.2) is 0 Å². The second-order valence-corrected chi connectivity index (χ2v) is 4.84. The Balaban J connectivity index is 2.79. The number of hydrogen-bond acceptors (Lipinski definition) is 4. The molecule has 0 radical (unpaired) electrons. The summed E-state index contributed by atoms with van der Waals surface area (Å²) in [6.45, 7) is 8.49. The molecule has 0 aliphatic carbocycles. The highest BCUT2D eigenvalue weighted by Gasteiger charge is 2.03. The number of pyridine rings is 1. The third kappa shape index (κ3) is 5.61. The van der Waals surface area contributed by atoms with E-state index in [0.717, 1.165) is 55.2 Å². The van der Waals surface area contributed by atoms with Crippen LogP contribution in [0.1, 0.15) is 51.4 Å². The number of hydrogen-bond donors (Lipinski definition) is 1. The van der Waals surface area contributed by atoms with Gasteiger partial charge in [0.25, 0.3) is 0 Å². The largest absolute Gasteiger partial charge is 0.330 e. The van der Waals surface area contributed by atoms with E-state index in [0.29, 0.717) is 6.54 Å². The average Bonchev–Trinajstić information content (AvgIpc) is 2.47. The molecule has 0 saturated heterocycles. The molecule has 0 amide bonds. The SMILES string of the molecule is CCCCN=C(C)c1cccc(C(C)=NCCCN)n1. The van der Waals surface area contributed by atoms with Crippen molar-refractivity contribution >= 4 is 11.4 Å². The Bertz CT molecular complexity index is 424. The zero-order valence-electron chi connectivity index (χ0n) is 12.9. The summed E-state index contributed by atoms with van der Waals surface area (Å²) in [6, 6.07) is 6.00. The van der Waals surface area contributed by atoms with Gasteiger partial charge in [0.05, 0.1) is 22.8 Å². The van der Waals surface area contributed by atoms with Crippen LogP contribution in [0.2, 0.25) is 0 Å². The molecular formula is C16H26N4. The minimum absolute atomic E-state index is 0.674. The number of nitrogens with zero attached hydrogens (tertiary/aromatic N) is 3. The number of aliphatic imine (C=N–C) groups is 2. The second-order valence-electron chi connectivity index (χ2n) is 4.84. The van der Waals surface area contributed by atoms with Gasteiger partial charge in [0.1, 0.15) is 0 Å². The van der Waals surface area contributed by atoms with E-state index in [2.05, 4.69) is 21.9 Å². The number of rotatable bonds is 8. The lowest BCUT2D eigenvalue weighted by Crippen LogP contribution is -2.07. The first kappa shape index (κ1) is 16.5. The van der Waals surface area contributed by atoms with Crippen LogP contribution < -0.4 is 5.73 Å². The molecule has 1 rings (SSSR count). The van der Waals surface area contributed by atoms with Crippen LogP contribution >= 0.6 is 0 Å². The van der Waals surface area contributed by atoms with Crippen molar-refractivity contribution in [3.63, 3.8) is 0 Å². The molecule has 0 bridgehead atoms. The summed E-state index contributed by atoms with van der Waals surface area (Å²) in [4.78, 5) is 13.7. The van der Waals surface area contributed by atoms with Gasteiger partial charge in [-0.1, -0.05) is 19.4 Å². The fourth-order valence-electron chi connectivity index (χ4n) is 1.74. The Labute approximate surface area is 122 Å². The molecular weight excluding hydrogens is 248 g/mol. The van der Waals surface area contributed by atoms with Crippen molar-refractivity contribution in [3.8, 4) is 0 Å². The molecule has 0 aromatic carbocycles. The molecule has 1 aromatic rings. The van der Waals surface area contributed by atoms with Crippen molar-refractivity contribution < 1.29 is 0 Å². The lowest BCUT2D eigenvalue weighted by Gasteiger charge is -2.05. The smallest absolute Gasteiger partial charge is 0.0845 e. The van der Waals surface area contributed by atoms with Crippen molar-refractivity contribution in [2.75, 3.05) is 19.6 Å². The first-order valence-corrected chi connectivity index (χ1v) is 7.39. The average molecular weight is 274 g/mol. The minimum atomic E-state index is 0.674. The highest BCUT2D eigenvalue weighted by Crippen LogP contribution is 2.04. The summed E-state index contributed by atoms with van der Waals surface area (Å²) in [5, 5.41) is 0. The molecule has 0 spiro atoms. The second kappa shape index (κ2) is 9.37. The third-order valence-electron chi connectivity index (χ3n) is 3.06. The molecule has 4 nitrogen and oxygen atoms in total. The van der Waals surface area contributed by atoms with Gasteiger partial charge >= 0.3 is 0 Å². The zero-order valence-corrected chi connectivity index (χ0v) is 12.9. The first-order valence-electron chi connectivity index (χ1n) is 7.39. The quantitative estimate of drug-likeness (QED) is 0.585. The molecule has 20 heavy (non-hydrogen) atoms. The fourth-order valence-corrected chi connectivity index (χ4v) is 1.74. The van der Waals surface area contributed by atoms with Crippen LogP contribution in [0, 0.1) is 0 Å². The standard InChI is InChI=1S/C16H26N4/c1-4-5-11-18-13(2)15-8-6-9-16(20-15)14(3)19-12-7-10-17/h6,8-9H,4-5,7,10-12,17H2,1-3H3. The monoisotopic (exact) mass is 274 g/mol. The summed E-state index contributed by atoms with van der Waals surface area (Å²) >= 11 is 0.